The number of pyridine rings is 1. The fourth-order valence-corrected chi connectivity index (χ4v) is 6.27. The van der Waals surface area contributed by atoms with E-state index in [9.17, 15) is 9.59 Å². The van der Waals surface area contributed by atoms with Gasteiger partial charge in [0.2, 0.25) is 5.91 Å². The molecule has 1 aliphatic rings. The average Bonchev–Trinajstić information content (AvgIpc) is 3.04. The van der Waals surface area contributed by atoms with Crippen molar-refractivity contribution in [3.63, 3.8) is 0 Å². The number of fused-ring (bicyclic) bond motifs is 1. The van der Waals surface area contributed by atoms with E-state index in [1.54, 1.807) is 19.5 Å². The first kappa shape index (κ1) is 31.0. The maximum atomic E-state index is 13.6. The molecular formula is C36H42N4O4. The Morgan fingerprint density at radius 2 is 1.70 bits per heavy atom. The van der Waals surface area contributed by atoms with Gasteiger partial charge in [0.15, 0.2) is 0 Å². The van der Waals surface area contributed by atoms with Gasteiger partial charge in [-0.15, -0.1) is 0 Å². The van der Waals surface area contributed by atoms with Crippen LogP contribution in [0.4, 0.5) is 10.5 Å². The Bertz CT molecular complexity index is 1530. The first-order valence-electron chi connectivity index (χ1n) is 15.3. The number of carbonyl (C=O) groups excluding carboxylic acids is 2. The number of nitrogens with zero attached hydrogens (tertiary/aromatic N) is 2. The molecule has 4 atom stereocenters. The molecule has 2 amide bonds. The number of likely N-dealkylation sites (N-methyl/N-ethyl adjacent to an activating group) is 1. The Hall–Kier alpha value is -4.43. The molecule has 0 spiro atoms. The van der Waals surface area contributed by atoms with Gasteiger partial charge in [-0.3, -0.25) is 9.78 Å². The summed E-state index contributed by atoms with van der Waals surface area (Å²) in [4.78, 5) is 33.2. The molecule has 1 aliphatic carbocycles. The monoisotopic (exact) mass is 594 g/mol. The Labute approximate surface area is 259 Å². The zero-order valence-electron chi connectivity index (χ0n) is 25.7. The minimum absolute atomic E-state index is 0.114. The summed E-state index contributed by atoms with van der Waals surface area (Å²) in [5, 5.41) is 7.94. The van der Waals surface area contributed by atoms with Crippen molar-refractivity contribution >= 4 is 28.5 Å². The first-order valence-corrected chi connectivity index (χ1v) is 15.3. The molecule has 4 unspecified atom stereocenters. The minimum atomic E-state index is -0.597. The summed E-state index contributed by atoms with van der Waals surface area (Å²) in [6.45, 7) is 0.961. The predicted octanol–water partition coefficient (Wildman–Crippen LogP) is 6.60. The molecule has 8 heteroatoms. The van der Waals surface area contributed by atoms with E-state index in [0.29, 0.717) is 5.69 Å². The second kappa shape index (κ2) is 14.8. The van der Waals surface area contributed by atoms with Crippen LogP contribution < -0.4 is 15.4 Å². The highest BCUT2D eigenvalue weighted by molar-refractivity contribution is 5.98. The number of amides is 2. The number of methoxy groups -OCH3 is 1. The molecule has 0 bridgehead atoms. The maximum Gasteiger partial charge on any atom is 0.407 e. The third-order valence-electron chi connectivity index (χ3n) is 8.51. The summed E-state index contributed by atoms with van der Waals surface area (Å²) in [7, 11) is 5.82. The van der Waals surface area contributed by atoms with Gasteiger partial charge >= 0.3 is 6.09 Å². The van der Waals surface area contributed by atoms with Crippen LogP contribution >= 0.6 is 0 Å². The molecule has 230 valence electrons. The van der Waals surface area contributed by atoms with Crippen molar-refractivity contribution in [3.05, 3.63) is 102 Å². The van der Waals surface area contributed by atoms with Gasteiger partial charge in [0.05, 0.1) is 13.0 Å². The van der Waals surface area contributed by atoms with Crippen molar-refractivity contribution in [1.29, 1.82) is 0 Å². The van der Waals surface area contributed by atoms with Crippen molar-refractivity contribution in [2.24, 2.45) is 5.92 Å². The molecule has 1 aromatic heterocycles. The highest BCUT2D eigenvalue weighted by Gasteiger charge is 2.36. The molecule has 1 saturated carbocycles. The average molecular weight is 595 g/mol. The smallest absolute Gasteiger partial charge is 0.407 e. The molecule has 8 nitrogen and oxygen atoms in total. The van der Waals surface area contributed by atoms with E-state index in [2.05, 4.69) is 46.7 Å². The molecule has 44 heavy (non-hydrogen) atoms. The van der Waals surface area contributed by atoms with Crippen LogP contribution in [-0.4, -0.2) is 62.3 Å². The van der Waals surface area contributed by atoms with E-state index in [1.807, 2.05) is 66.7 Å². The minimum Gasteiger partial charge on any atom is -0.497 e. The molecule has 4 aromatic rings. The van der Waals surface area contributed by atoms with Gasteiger partial charge in [-0.25, -0.2) is 4.79 Å². The molecular weight excluding hydrogens is 552 g/mol. The lowest BCUT2D eigenvalue weighted by atomic mass is 9.74. The quantitative estimate of drug-likeness (QED) is 0.203. The lowest BCUT2D eigenvalue weighted by Gasteiger charge is -2.38. The highest BCUT2D eigenvalue weighted by Crippen LogP contribution is 2.39. The zero-order valence-corrected chi connectivity index (χ0v) is 25.7. The van der Waals surface area contributed by atoms with E-state index in [-0.39, 0.29) is 30.4 Å². The number of carbonyl (C=O) groups is 2. The van der Waals surface area contributed by atoms with Crippen LogP contribution in [0.15, 0.2) is 91.3 Å². The number of aromatic nitrogens is 1. The molecule has 2 N–H and O–H groups in total. The SMILES string of the molecule is COc1ccc(C(CN(C)C)C2CCCCC2OC(=O)NCC(C(=O)Nc2ccc3cnccc3c2)c2ccccc2)cc1. The van der Waals surface area contributed by atoms with Crippen molar-refractivity contribution < 1.29 is 19.1 Å². The fraction of sp³-hybridized carbons (Fsp3) is 0.361. The van der Waals surface area contributed by atoms with Crippen molar-refractivity contribution in [1.82, 2.24) is 15.2 Å². The van der Waals surface area contributed by atoms with Crippen LogP contribution in [0, 0.1) is 5.92 Å². The number of rotatable bonds is 11. The lowest BCUT2D eigenvalue weighted by Crippen LogP contribution is -2.41. The summed E-state index contributed by atoms with van der Waals surface area (Å²) in [6.07, 6.45) is 6.74. The molecule has 0 radical (unpaired) electrons. The Balaban J connectivity index is 1.27. The van der Waals surface area contributed by atoms with E-state index in [4.69, 9.17) is 9.47 Å². The summed E-state index contributed by atoms with van der Waals surface area (Å²) in [5.41, 5.74) is 2.72. The molecule has 0 saturated heterocycles. The fourth-order valence-electron chi connectivity index (χ4n) is 6.27. The van der Waals surface area contributed by atoms with Crippen LogP contribution in [0.5, 0.6) is 5.75 Å². The first-order chi connectivity index (χ1) is 21.4. The number of ether oxygens (including phenoxy) is 2. The standard InChI is InChI=1S/C36H42N4O4/c1-40(2)24-33(26-14-17-30(43-3)18-15-26)31-11-7-8-12-34(31)44-36(42)38-23-32(25-9-5-4-6-10-25)35(41)39-29-16-13-28-22-37-20-19-27(28)21-29/h4-6,9-10,13-22,31-34H,7-8,11-12,23-24H2,1-3H3,(H,38,42)(H,39,41). The van der Waals surface area contributed by atoms with Crippen molar-refractivity contribution in [2.75, 3.05) is 39.6 Å². The molecule has 1 heterocycles. The number of hydrogen-bond acceptors (Lipinski definition) is 6. The van der Waals surface area contributed by atoms with Crippen LogP contribution in [0.3, 0.4) is 0 Å². The summed E-state index contributed by atoms with van der Waals surface area (Å²) in [6, 6.07) is 25.4. The highest BCUT2D eigenvalue weighted by atomic mass is 16.6. The molecule has 1 fully saturated rings. The topological polar surface area (TPSA) is 92.8 Å². The Morgan fingerprint density at radius 3 is 2.45 bits per heavy atom. The van der Waals surface area contributed by atoms with Crippen molar-refractivity contribution in [2.45, 2.75) is 43.6 Å². The summed E-state index contributed by atoms with van der Waals surface area (Å²) in [5.74, 6) is 0.408. The third kappa shape index (κ3) is 7.94. The summed E-state index contributed by atoms with van der Waals surface area (Å²) >= 11 is 0. The third-order valence-corrected chi connectivity index (χ3v) is 8.51. The second-order valence-electron chi connectivity index (χ2n) is 11.8. The molecule has 5 rings (SSSR count). The van der Waals surface area contributed by atoms with Gasteiger partial charge < -0.3 is 25.0 Å². The van der Waals surface area contributed by atoms with Gasteiger partial charge in [0, 0.05) is 48.4 Å². The van der Waals surface area contributed by atoms with E-state index < -0.39 is 12.0 Å². The van der Waals surface area contributed by atoms with E-state index in [0.717, 1.165) is 54.3 Å². The largest absolute Gasteiger partial charge is 0.497 e. The predicted molar refractivity (Wildman–Crippen MR) is 174 cm³/mol. The van der Waals surface area contributed by atoms with Crippen LogP contribution in [0.25, 0.3) is 10.8 Å². The lowest BCUT2D eigenvalue weighted by molar-refractivity contribution is -0.117. The second-order valence-corrected chi connectivity index (χ2v) is 11.8. The van der Waals surface area contributed by atoms with E-state index in [1.165, 1.54) is 5.56 Å². The van der Waals surface area contributed by atoms with Crippen LogP contribution in [0.1, 0.15) is 48.6 Å². The van der Waals surface area contributed by atoms with Crippen LogP contribution in [0.2, 0.25) is 0 Å². The van der Waals surface area contributed by atoms with E-state index >= 15 is 0 Å². The van der Waals surface area contributed by atoms with Gasteiger partial charge in [-0.1, -0.05) is 55.0 Å². The number of hydrogen-bond donors (Lipinski definition) is 2. The normalized spacial score (nSPS) is 17.9. The number of nitrogens with one attached hydrogen (secondary N) is 2. The van der Waals surface area contributed by atoms with Crippen LogP contribution in [-0.2, 0) is 9.53 Å². The number of alkyl carbamates (subject to hydrolysis) is 1. The number of anilines is 1. The zero-order chi connectivity index (χ0) is 30.9. The molecule has 3 aromatic carbocycles. The Kier molecular flexibility index (Phi) is 10.5. The van der Waals surface area contributed by atoms with Gasteiger partial charge in [0.1, 0.15) is 11.9 Å². The summed E-state index contributed by atoms with van der Waals surface area (Å²) < 4.78 is 11.5. The maximum absolute atomic E-state index is 13.6. The van der Waals surface area contributed by atoms with Gasteiger partial charge in [-0.05, 0) is 80.2 Å². The Morgan fingerprint density at radius 1 is 0.932 bits per heavy atom. The van der Waals surface area contributed by atoms with Gasteiger partial charge in [-0.2, -0.15) is 0 Å². The van der Waals surface area contributed by atoms with Gasteiger partial charge in [0.25, 0.3) is 0 Å². The molecule has 0 aliphatic heterocycles. The van der Waals surface area contributed by atoms with Crippen molar-refractivity contribution in [3.8, 4) is 5.75 Å². The number of benzene rings is 3.